The predicted octanol–water partition coefficient (Wildman–Crippen LogP) is 4.32. The highest BCUT2D eigenvalue weighted by atomic mass is 35.5. The summed E-state index contributed by atoms with van der Waals surface area (Å²) in [4.78, 5) is 12.8. The van der Waals surface area contributed by atoms with Crippen LogP contribution in [0.2, 0.25) is 5.02 Å². The molecule has 0 aliphatic carbocycles. The second-order valence-corrected chi connectivity index (χ2v) is 10.9. The van der Waals surface area contributed by atoms with Gasteiger partial charge >= 0.3 is 0 Å². The van der Waals surface area contributed by atoms with Gasteiger partial charge in [-0.3, -0.25) is 4.79 Å². The molecule has 1 aliphatic rings. The minimum absolute atomic E-state index is 0.0122. The topological polar surface area (TPSA) is 66.5 Å². The van der Waals surface area contributed by atoms with E-state index in [9.17, 15) is 13.2 Å². The molecule has 0 bridgehead atoms. The second-order valence-electron chi connectivity index (χ2n) is 7.39. The number of hydrogen-bond acceptors (Lipinski definition) is 4. The fourth-order valence-electron chi connectivity index (χ4n) is 3.47. The number of nitrogens with one attached hydrogen (secondary N) is 1. The molecule has 28 heavy (non-hydrogen) atoms. The van der Waals surface area contributed by atoms with E-state index in [1.807, 2.05) is 24.3 Å². The fraction of sp³-hybridized carbons (Fsp3) is 0.450. The van der Waals surface area contributed by atoms with E-state index in [2.05, 4.69) is 19.2 Å². The van der Waals surface area contributed by atoms with Crippen LogP contribution in [0.15, 0.2) is 46.0 Å². The first-order chi connectivity index (χ1) is 13.3. The van der Waals surface area contributed by atoms with Gasteiger partial charge in [0, 0.05) is 24.0 Å². The van der Waals surface area contributed by atoms with Crippen molar-refractivity contribution in [2.75, 3.05) is 13.1 Å². The molecular formula is C20H25ClN2O3S2. The van der Waals surface area contributed by atoms with Crippen molar-refractivity contribution < 1.29 is 13.2 Å². The minimum Gasteiger partial charge on any atom is -0.349 e. The van der Waals surface area contributed by atoms with Gasteiger partial charge in [0.2, 0.25) is 5.91 Å². The van der Waals surface area contributed by atoms with Gasteiger partial charge in [-0.2, -0.15) is 4.31 Å². The van der Waals surface area contributed by atoms with Gasteiger partial charge in [0.15, 0.2) is 0 Å². The van der Waals surface area contributed by atoms with Gasteiger partial charge in [-0.25, -0.2) is 8.42 Å². The monoisotopic (exact) mass is 440 g/mol. The average Bonchev–Trinajstić information content (AvgIpc) is 3.22. The molecule has 0 saturated carbocycles. The lowest BCUT2D eigenvalue weighted by Gasteiger charge is -2.32. The van der Waals surface area contributed by atoms with Crippen molar-refractivity contribution >= 4 is 38.9 Å². The molecule has 1 fully saturated rings. The molecule has 1 aliphatic heterocycles. The maximum atomic E-state index is 12.8. The molecule has 1 amide bonds. The number of benzene rings is 1. The van der Waals surface area contributed by atoms with E-state index in [0.717, 1.165) is 5.56 Å². The summed E-state index contributed by atoms with van der Waals surface area (Å²) in [6.07, 6.45) is 1.06. The van der Waals surface area contributed by atoms with Crippen LogP contribution >= 0.6 is 22.9 Å². The smallest absolute Gasteiger partial charge is 0.252 e. The Hall–Kier alpha value is -1.41. The van der Waals surface area contributed by atoms with Crippen LogP contribution in [0.25, 0.3) is 0 Å². The van der Waals surface area contributed by atoms with Crippen LogP contribution in [0, 0.1) is 11.8 Å². The Labute approximate surface area is 175 Å². The molecule has 1 aromatic carbocycles. The number of rotatable bonds is 6. The molecule has 1 atom stereocenters. The van der Waals surface area contributed by atoms with E-state index in [0.29, 0.717) is 35.2 Å². The average molecular weight is 441 g/mol. The lowest BCUT2D eigenvalue weighted by atomic mass is 9.93. The molecule has 0 spiro atoms. The van der Waals surface area contributed by atoms with Gasteiger partial charge in [-0.1, -0.05) is 43.6 Å². The van der Waals surface area contributed by atoms with E-state index < -0.39 is 10.0 Å². The van der Waals surface area contributed by atoms with Crippen molar-refractivity contribution in [1.82, 2.24) is 9.62 Å². The first-order valence-corrected chi connectivity index (χ1v) is 12.1. The highest BCUT2D eigenvalue weighted by molar-refractivity contribution is 7.91. The molecule has 1 unspecified atom stereocenters. The van der Waals surface area contributed by atoms with Gasteiger partial charge in [-0.05, 0) is 47.9 Å². The largest absolute Gasteiger partial charge is 0.349 e. The summed E-state index contributed by atoms with van der Waals surface area (Å²) in [5.41, 5.74) is 1.02. The summed E-state index contributed by atoms with van der Waals surface area (Å²) >= 11 is 7.19. The van der Waals surface area contributed by atoms with Crippen molar-refractivity contribution in [2.24, 2.45) is 11.8 Å². The van der Waals surface area contributed by atoms with E-state index in [1.54, 1.807) is 17.5 Å². The third-order valence-electron chi connectivity index (χ3n) is 5.11. The quantitative estimate of drug-likeness (QED) is 0.727. The molecule has 2 aromatic rings. The van der Waals surface area contributed by atoms with Crippen molar-refractivity contribution in [1.29, 1.82) is 0 Å². The Morgan fingerprint density at radius 1 is 1.18 bits per heavy atom. The molecule has 1 saturated heterocycles. The summed E-state index contributed by atoms with van der Waals surface area (Å²) in [5.74, 6) is 0.0366. The van der Waals surface area contributed by atoms with E-state index >= 15 is 0 Å². The Balaban J connectivity index is 1.62. The summed E-state index contributed by atoms with van der Waals surface area (Å²) in [5, 5.41) is 5.58. The van der Waals surface area contributed by atoms with Gasteiger partial charge in [0.1, 0.15) is 4.21 Å². The number of nitrogens with zero attached hydrogens (tertiary/aromatic N) is 1. The molecular weight excluding hydrogens is 416 g/mol. The number of halogens is 1. The van der Waals surface area contributed by atoms with Crippen molar-refractivity contribution in [3.8, 4) is 0 Å². The van der Waals surface area contributed by atoms with Crippen LogP contribution < -0.4 is 5.32 Å². The molecule has 0 radical (unpaired) electrons. The zero-order valence-electron chi connectivity index (χ0n) is 16.0. The second kappa shape index (κ2) is 8.95. The molecule has 3 rings (SSSR count). The first kappa shape index (κ1) is 21.3. The number of hydrogen-bond donors (Lipinski definition) is 1. The number of piperidine rings is 1. The van der Waals surface area contributed by atoms with Gasteiger partial charge < -0.3 is 5.32 Å². The third kappa shape index (κ3) is 4.76. The normalized spacial score (nSPS) is 17.6. The summed E-state index contributed by atoms with van der Waals surface area (Å²) in [7, 11) is -3.44. The van der Waals surface area contributed by atoms with E-state index in [1.165, 1.54) is 15.6 Å². The Morgan fingerprint density at radius 3 is 2.36 bits per heavy atom. The Bertz CT molecular complexity index is 888. The van der Waals surface area contributed by atoms with Crippen molar-refractivity contribution in [3.63, 3.8) is 0 Å². The van der Waals surface area contributed by atoms with Crippen LogP contribution in [-0.4, -0.2) is 31.7 Å². The standard InChI is InChI=1S/C20H25ClN2O3S2/c1-14(2)19(15-5-7-17(21)8-6-15)22-20(24)16-9-11-23(12-10-16)28(25,26)18-4-3-13-27-18/h3-8,13-14,16,19H,9-12H2,1-2H3,(H,22,24). The number of amides is 1. The third-order valence-corrected chi connectivity index (χ3v) is 8.63. The Kier molecular flexibility index (Phi) is 6.81. The summed E-state index contributed by atoms with van der Waals surface area (Å²) < 4.78 is 27.1. The lowest BCUT2D eigenvalue weighted by Crippen LogP contribution is -2.44. The molecule has 1 aromatic heterocycles. The number of carbonyl (C=O) groups is 1. The number of thiophene rings is 1. The first-order valence-electron chi connectivity index (χ1n) is 9.38. The molecule has 8 heteroatoms. The molecule has 1 N–H and O–H groups in total. The highest BCUT2D eigenvalue weighted by Crippen LogP contribution is 2.28. The van der Waals surface area contributed by atoms with Gasteiger partial charge in [-0.15, -0.1) is 11.3 Å². The minimum atomic E-state index is -3.44. The molecule has 5 nitrogen and oxygen atoms in total. The molecule has 152 valence electrons. The number of sulfonamides is 1. The predicted molar refractivity (Wildman–Crippen MR) is 113 cm³/mol. The van der Waals surface area contributed by atoms with Gasteiger partial charge in [0.05, 0.1) is 6.04 Å². The molecule has 2 heterocycles. The van der Waals surface area contributed by atoms with Crippen LogP contribution in [-0.2, 0) is 14.8 Å². The zero-order chi connectivity index (χ0) is 20.3. The lowest BCUT2D eigenvalue weighted by molar-refractivity contribution is -0.127. The van der Waals surface area contributed by atoms with Crippen molar-refractivity contribution in [3.05, 3.63) is 52.4 Å². The van der Waals surface area contributed by atoms with Crippen LogP contribution in [0.1, 0.15) is 38.3 Å². The zero-order valence-corrected chi connectivity index (χ0v) is 18.4. The number of carbonyl (C=O) groups excluding carboxylic acids is 1. The highest BCUT2D eigenvalue weighted by Gasteiger charge is 2.33. The summed E-state index contributed by atoms with van der Waals surface area (Å²) in [6.45, 7) is 4.86. The van der Waals surface area contributed by atoms with Gasteiger partial charge in [0.25, 0.3) is 10.0 Å². The van der Waals surface area contributed by atoms with E-state index in [-0.39, 0.29) is 23.8 Å². The van der Waals surface area contributed by atoms with Crippen molar-refractivity contribution in [2.45, 2.75) is 36.9 Å². The SMILES string of the molecule is CC(C)C(NC(=O)C1CCN(S(=O)(=O)c2cccs2)CC1)c1ccc(Cl)cc1. The van der Waals surface area contributed by atoms with Crippen LogP contribution in [0.4, 0.5) is 0 Å². The van der Waals surface area contributed by atoms with Crippen LogP contribution in [0.3, 0.4) is 0 Å². The fourth-order valence-corrected chi connectivity index (χ4v) is 6.21. The maximum Gasteiger partial charge on any atom is 0.252 e. The van der Waals surface area contributed by atoms with Crippen LogP contribution in [0.5, 0.6) is 0 Å². The summed E-state index contributed by atoms with van der Waals surface area (Å²) in [6, 6.07) is 10.8. The maximum absolute atomic E-state index is 12.8. The Morgan fingerprint density at radius 2 is 1.82 bits per heavy atom. The van der Waals surface area contributed by atoms with E-state index in [4.69, 9.17) is 11.6 Å².